The first-order valence-corrected chi connectivity index (χ1v) is 6.73. The lowest BCUT2D eigenvalue weighted by Crippen LogP contribution is -2.03. The zero-order valence-electron chi connectivity index (χ0n) is 9.42. The molecule has 0 saturated heterocycles. The third-order valence-corrected chi connectivity index (χ3v) is 3.94. The van der Waals surface area contributed by atoms with Crippen LogP contribution in [0.1, 0.15) is 10.4 Å². The summed E-state index contributed by atoms with van der Waals surface area (Å²) in [6.07, 6.45) is 1.44. The Hall–Kier alpha value is -1.47. The molecule has 0 bridgehead atoms. The lowest BCUT2D eigenvalue weighted by atomic mass is 10.1. The van der Waals surface area contributed by atoms with Gasteiger partial charge < -0.3 is 4.74 Å². The largest absolute Gasteiger partial charge is 0.494 e. The lowest BCUT2D eigenvalue weighted by molar-refractivity contribution is 0.102. The minimum absolute atomic E-state index is 0.128. The molecule has 1 aromatic heterocycles. The molecule has 94 valence electrons. The Morgan fingerprint density at radius 2 is 2.39 bits per heavy atom. The highest BCUT2D eigenvalue weighted by molar-refractivity contribution is 8.01. The fourth-order valence-corrected chi connectivity index (χ4v) is 2.62. The average Bonchev–Trinajstić information content (AvgIpc) is 2.89. The van der Waals surface area contributed by atoms with Crippen molar-refractivity contribution in [2.24, 2.45) is 0 Å². The number of methoxy groups -OCH3 is 1. The molecule has 0 atom stereocenters. The van der Waals surface area contributed by atoms with Gasteiger partial charge in [-0.15, -0.1) is 0 Å². The minimum Gasteiger partial charge on any atom is -0.494 e. The van der Waals surface area contributed by atoms with Crippen molar-refractivity contribution in [1.82, 2.24) is 9.36 Å². The van der Waals surface area contributed by atoms with Gasteiger partial charge in [-0.25, -0.2) is 9.37 Å². The summed E-state index contributed by atoms with van der Waals surface area (Å²) in [5, 5.41) is 0. The summed E-state index contributed by atoms with van der Waals surface area (Å²) in [4.78, 5) is 15.8. The standard InChI is InChI=1S/C11H9FN2O2S2/c1-16-10-3-2-7(4-8(10)12)9(15)5-17-11-13-6-14-18-11/h2-4,6H,5H2,1H3. The Labute approximate surface area is 111 Å². The van der Waals surface area contributed by atoms with E-state index in [0.29, 0.717) is 5.56 Å². The van der Waals surface area contributed by atoms with E-state index in [1.54, 1.807) is 6.07 Å². The fourth-order valence-electron chi connectivity index (χ4n) is 1.28. The van der Waals surface area contributed by atoms with E-state index < -0.39 is 5.82 Å². The second-order valence-corrected chi connectivity index (χ2v) is 5.27. The van der Waals surface area contributed by atoms with Crippen molar-refractivity contribution in [1.29, 1.82) is 0 Å². The highest BCUT2D eigenvalue weighted by atomic mass is 32.2. The van der Waals surface area contributed by atoms with Crippen LogP contribution in [-0.2, 0) is 0 Å². The average molecular weight is 284 g/mol. The number of thioether (sulfide) groups is 1. The summed E-state index contributed by atoms with van der Waals surface area (Å²) in [7, 11) is 1.38. The molecule has 0 unspecified atom stereocenters. The number of hydrogen-bond acceptors (Lipinski definition) is 6. The van der Waals surface area contributed by atoms with Gasteiger partial charge in [0.05, 0.1) is 12.9 Å². The summed E-state index contributed by atoms with van der Waals surface area (Å²) in [6, 6.07) is 4.17. The molecule has 0 amide bonds. The van der Waals surface area contributed by atoms with Crippen LogP contribution in [0.25, 0.3) is 0 Å². The molecule has 4 nitrogen and oxygen atoms in total. The molecule has 0 spiro atoms. The van der Waals surface area contributed by atoms with E-state index in [0.717, 1.165) is 4.34 Å². The highest BCUT2D eigenvalue weighted by Crippen LogP contribution is 2.22. The molecule has 0 saturated carbocycles. The summed E-state index contributed by atoms with van der Waals surface area (Å²) in [5.74, 6) is -0.356. The van der Waals surface area contributed by atoms with Crippen LogP contribution in [0, 0.1) is 5.82 Å². The number of carbonyl (C=O) groups excluding carboxylic acids is 1. The van der Waals surface area contributed by atoms with Gasteiger partial charge in [0, 0.05) is 5.56 Å². The zero-order valence-corrected chi connectivity index (χ0v) is 11.1. The second kappa shape index (κ2) is 5.92. The second-order valence-electron chi connectivity index (χ2n) is 3.27. The molecule has 0 aliphatic rings. The lowest BCUT2D eigenvalue weighted by Gasteiger charge is -2.03. The van der Waals surface area contributed by atoms with Crippen molar-refractivity contribution in [2.75, 3.05) is 12.9 Å². The van der Waals surface area contributed by atoms with Crippen LogP contribution in [0.4, 0.5) is 4.39 Å². The van der Waals surface area contributed by atoms with Gasteiger partial charge in [-0.3, -0.25) is 4.79 Å². The van der Waals surface area contributed by atoms with Gasteiger partial charge in [-0.1, -0.05) is 11.8 Å². The van der Waals surface area contributed by atoms with Crippen LogP contribution in [-0.4, -0.2) is 28.0 Å². The van der Waals surface area contributed by atoms with E-state index in [9.17, 15) is 9.18 Å². The molecule has 0 aliphatic carbocycles. The van der Waals surface area contributed by atoms with Gasteiger partial charge in [0.25, 0.3) is 0 Å². The maximum atomic E-state index is 13.4. The Kier molecular flexibility index (Phi) is 4.27. The molecule has 18 heavy (non-hydrogen) atoms. The van der Waals surface area contributed by atoms with Gasteiger partial charge in [-0.2, -0.15) is 4.37 Å². The van der Waals surface area contributed by atoms with Gasteiger partial charge in [0.2, 0.25) is 0 Å². The number of ketones is 1. The highest BCUT2D eigenvalue weighted by Gasteiger charge is 2.11. The molecular weight excluding hydrogens is 275 g/mol. The van der Waals surface area contributed by atoms with E-state index in [-0.39, 0.29) is 17.3 Å². The monoisotopic (exact) mass is 284 g/mol. The van der Waals surface area contributed by atoms with Gasteiger partial charge in [0.15, 0.2) is 21.7 Å². The molecule has 0 N–H and O–H groups in total. The quantitative estimate of drug-likeness (QED) is 0.624. The van der Waals surface area contributed by atoms with Crippen molar-refractivity contribution >= 4 is 29.1 Å². The summed E-state index contributed by atoms with van der Waals surface area (Å²) in [6.45, 7) is 0. The number of halogens is 1. The topological polar surface area (TPSA) is 52.1 Å². The number of aromatic nitrogens is 2. The third kappa shape index (κ3) is 3.05. The summed E-state index contributed by atoms with van der Waals surface area (Å²) in [5.41, 5.74) is 0.324. The van der Waals surface area contributed by atoms with Crippen LogP contribution in [0.5, 0.6) is 5.75 Å². The van der Waals surface area contributed by atoms with Crippen LogP contribution < -0.4 is 4.74 Å². The number of nitrogens with zero attached hydrogens (tertiary/aromatic N) is 2. The number of ether oxygens (including phenoxy) is 1. The Balaban J connectivity index is 2.02. The third-order valence-electron chi connectivity index (χ3n) is 2.14. The van der Waals surface area contributed by atoms with E-state index in [4.69, 9.17) is 4.74 Å². The van der Waals surface area contributed by atoms with E-state index >= 15 is 0 Å². The number of benzene rings is 1. The number of carbonyl (C=O) groups is 1. The number of rotatable bonds is 5. The molecular formula is C11H9FN2O2S2. The van der Waals surface area contributed by atoms with Crippen molar-refractivity contribution in [2.45, 2.75) is 4.34 Å². The van der Waals surface area contributed by atoms with Gasteiger partial charge in [0.1, 0.15) is 6.33 Å². The molecule has 7 heteroatoms. The molecule has 1 aromatic carbocycles. The van der Waals surface area contributed by atoms with Crippen LogP contribution in [0.2, 0.25) is 0 Å². The maximum Gasteiger partial charge on any atom is 0.173 e. The minimum atomic E-state index is -0.538. The molecule has 0 aliphatic heterocycles. The zero-order chi connectivity index (χ0) is 13.0. The molecule has 0 fully saturated rings. The first-order valence-electron chi connectivity index (χ1n) is 4.97. The molecule has 1 heterocycles. The predicted molar refractivity (Wildman–Crippen MR) is 67.9 cm³/mol. The molecule has 2 rings (SSSR count). The first kappa shape index (κ1) is 13.0. The fraction of sp³-hybridized carbons (Fsp3) is 0.182. The van der Waals surface area contributed by atoms with Gasteiger partial charge >= 0.3 is 0 Å². The van der Waals surface area contributed by atoms with Crippen LogP contribution >= 0.6 is 23.3 Å². The van der Waals surface area contributed by atoms with Crippen LogP contribution in [0.3, 0.4) is 0 Å². The van der Waals surface area contributed by atoms with Gasteiger partial charge in [-0.05, 0) is 29.7 Å². The Bertz CT molecular complexity index is 546. The summed E-state index contributed by atoms with van der Waals surface area (Å²) >= 11 is 2.51. The van der Waals surface area contributed by atoms with Crippen LogP contribution in [0.15, 0.2) is 28.9 Å². The smallest absolute Gasteiger partial charge is 0.173 e. The normalized spacial score (nSPS) is 10.3. The van der Waals surface area contributed by atoms with E-state index in [1.165, 1.54) is 48.9 Å². The van der Waals surface area contributed by atoms with Crippen molar-refractivity contribution in [3.05, 3.63) is 35.9 Å². The molecule has 2 aromatic rings. The van der Waals surface area contributed by atoms with E-state index in [2.05, 4.69) is 9.36 Å². The number of Topliss-reactive ketones (excluding diaryl/α,β-unsaturated/α-hetero) is 1. The maximum absolute atomic E-state index is 13.4. The molecule has 0 radical (unpaired) electrons. The number of hydrogen-bond donors (Lipinski definition) is 0. The van der Waals surface area contributed by atoms with Crippen molar-refractivity contribution in [3.63, 3.8) is 0 Å². The van der Waals surface area contributed by atoms with Crippen molar-refractivity contribution in [3.8, 4) is 5.75 Å². The first-order chi connectivity index (χ1) is 8.70. The predicted octanol–water partition coefficient (Wildman–Crippen LogP) is 2.66. The SMILES string of the molecule is COc1ccc(C(=O)CSc2ncns2)cc1F. The van der Waals surface area contributed by atoms with E-state index in [1.807, 2.05) is 0 Å². The summed E-state index contributed by atoms with van der Waals surface area (Å²) < 4.78 is 22.8. The Morgan fingerprint density at radius 1 is 1.56 bits per heavy atom. The Morgan fingerprint density at radius 3 is 3.00 bits per heavy atom. The van der Waals surface area contributed by atoms with Crippen molar-refractivity contribution < 1.29 is 13.9 Å².